The van der Waals surface area contributed by atoms with Crippen LogP contribution in [0.4, 0.5) is 16.2 Å². The molecule has 1 amide bonds. The quantitative estimate of drug-likeness (QED) is 0.767. The molecule has 1 saturated heterocycles. The molecule has 1 aliphatic heterocycles. The number of rotatable bonds is 5. The van der Waals surface area contributed by atoms with Gasteiger partial charge in [-0.3, -0.25) is 9.59 Å². The van der Waals surface area contributed by atoms with E-state index in [0.29, 0.717) is 42.9 Å². The molecule has 7 nitrogen and oxygen atoms in total. The normalized spacial score (nSPS) is 26.8. The molecule has 1 aromatic rings. The SMILES string of the molecule is CCOC(=O)N1CCC(Nc2c(N[C@@H]3CCC[C@H](C)[C@H]3C)c(=O)c2=O)CC1. The van der Waals surface area contributed by atoms with Gasteiger partial charge < -0.3 is 20.3 Å². The zero-order valence-corrected chi connectivity index (χ0v) is 16.5. The van der Waals surface area contributed by atoms with E-state index in [1.807, 2.05) is 0 Å². The van der Waals surface area contributed by atoms with Gasteiger partial charge in [-0.25, -0.2) is 4.79 Å². The first-order valence-corrected chi connectivity index (χ1v) is 10.2. The van der Waals surface area contributed by atoms with Crippen LogP contribution in [-0.4, -0.2) is 42.8 Å². The number of carbonyl (C=O) groups is 1. The van der Waals surface area contributed by atoms with Crippen LogP contribution in [0.15, 0.2) is 9.59 Å². The van der Waals surface area contributed by atoms with E-state index in [-0.39, 0.29) is 18.2 Å². The lowest BCUT2D eigenvalue weighted by Gasteiger charge is -2.36. The van der Waals surface area contributed by atoms with Crippen LogP contribution in [0.5, 0.6) is 0 Å². The summed E-state index contributed by atoms with van der Waals surface area (Å²) in [6.45, 7) is 7.80. The van der Waals surface area contributed by atoms with E-state index in [0.717, 1.165) is 25.7 Å². The summed E-state index contributed by atoms with van der Waals surface area (Å²) in [5.41, 5.74) is 0.0486. The second-order valence-corrected chi connectivity index (χ2v) is 8.03. The number of carbonyl (C=O) groups excluding carboxylic acids is 1. The maximum atomic E-state index is 12.1. The summed E-state index contributed by atoms with van der Waals surface area (Å²) in [6, 6.07) is 0.325. The third-order valence-electron chi connectivity index (χ3n) is 6.32. The maximum absolute atomic E-state index is 12.1. The van der Waals surface area contributed by atoms with Crippen LogP contribution in [-0.2, 0) is 4.74 Å². The first kappa shape index (κ1) is 19.7. The van der Waals surface area contributed by atoms with Gasteiger partial charge in [-0.05, 0) is 38.0 Å². The van der Waals surface area contributed by atoms with Gasteiger partial charge in [0.1, 0.15) is 11.4 Å². The van der Waals surface area contributed by atoms with E-state index in [1.54, 1.807) is 11.8 Å². The van der Waals surface area contributed by atoms with Crippen molar-refractivity contribution in [2.24, 2.45) is 11.8 Å². The summed E-state index contributed by atoms with van der Waals surface area (Å²) in [5, 5.41) is 6.62. The third-order valence-corrected chi connectivity index (χ3v) is 6.32. The van der Waals surface area contributed by atoms with E-state index in [1.165, 1.54) is 6.42 Å². The number of anilines is 2. The molecule has 0 aromatic heterocycles. The lowest BCUT2D eigenvalue weighted by molar-refractivity contribution is 0.0983. The molecule has 1 aliphatic carbocycles. The lowest BCUT2D eigenvalue weighted by atomic mass is 9.78. The molecule has 3 rings (SSSR count). The zero-order chi connectivity index (χ0) is 19.6. The molecule has 2 aliphatic rings. The van der Waals surface area contributed by atoms with Gasteiger partial charge in [-0.2, -0.15) is 0 Å². The van der Waals surface area contributed by atoms with Gasteiger partial charge in [0, 0.05) is 25.2 Å². The Balaban J connectivity index is 1.59. The molecule has 7 heteroatoms. The van der Waals surface area contributed by atoms with Gasteiger partial charge >= 0.3 is 6.09 Å². The number of hydrogen-bond acceptors (Lipinski definition) is 6. The highest BCUT2D eigenvalue weighted by Crippen LogP contribution is 2.32. The van der Waals surface area contributed by atoms with Gasteiger partial charge in [0.15, 0.2) is 0 Å². The Kier molecular flexibility index (Phi) is 6.07. The van der Waals surface area contributed by atoms with Gasteiger partial charge in [0.2, 0.25) is 0 Å². The van der Waals surface area contributed by atoms with Gasteiger partial charge in [0.05, 0.1) is 6.61 Å². The molecule has 0 spiro atoms. The summed E-state index contributed by atoms with van der Waals surface area (Å²) < 4.78 is 5.03. The second kappa shape index (κ2) is 8.31. The highest BCUT2D eigenvalue weighted by Gasteiger charge is 2.32. The fourth-order valence-corrected chi connectivity index (χ4v) is 4.26. The largest absolute Gasteiger partial charge is 0.450 e. The molecule has 27 heavy (non-hydrogen) atoms. The molecular weight excluding hydrogens is 346 g/mol. The Bertz CT molecular complexity index is 732. The molecular formula is C20H31N3O4. The van der Waals surface area contributed by atoms with E-state index < -0.39 is 10.9 Å². The van der Waals surface area contributed by atoms with Gasteiger partial charge in [0.25, 0.3) is 10.9 Å². The number of likely N-dealkylation sites (tertiary alicyclic amines) is 1. The molecule has 2 fully saturated rings. The highest BCUT2D eigenvalue weighted by molar-refractivity contribution is 5.74. The first-order valence-electron chi connectivity index (χ1n) is 10.2. The van der Waals surface area contributed by atoms with E-state index >= 15 is 0 Å². The minimum atomic E-state index is -0.429. The predicted molar refractivity (Wildman–Crippen MR) is 106 cm³/mol. The Morgan fingerprint density at radius 3 is 2.30 bits per heavy atom. The summed E-state index contributed by atoms with van der Waals surface area (Å²) in [7, 11) is 0. The molecule has 0 unspecified atom stereocenters. The molecule has 0 bridgehead atoms. The van der Waals surface area contributed by atoms with Crippen molar-refractivity contribution >= 4 is 17.5 Å². The van der Waals surface area contributed by atoms with Crippen LogP contribution in [0.25, 0.3) is 0 Å². The molecule has 0 radical (unpaired) electrons. The fourth-order valence-electron chi connectivity index (χ4n) is 4.26. The minimum absolute atomic E-state index is 0.0854. The van der Waals surface area contributed by atoms with Crippen molar-refractivity contribution in [2.75, 3.05) is 30.3 Å². The van der Waals surface area contributed by atoms with Crippen LogP contribution < -0.4 is 21.5 Å². The smallest absolute Gasteiger partial charge is 0.409 e. The van der Waals surface area contributed by atoms with Crippen molar-refractivity contribution in [3.05, 3.63) is 20.4 Å². The Morgan fingerprint density at radius 1 is 1.04 bits per heavy atom. The number of hydrogen-bond donors (Lipinski definition) is 2. The summed E-state index contributed by atoms with van der Waals surface area (Å²) in [6.07, 6.45) is 4.57. The van der Waals surface area contributed by atoms with Crippen LogP contribution in [0.3, 0.4) is 0 Å². The van der Waals surface area contributed by atoms with Crippen molar-refractivity contribution in [3.8, 4) is 0 Å². The van der Waals surface area contributed by atoms with Crippen LogP contribution in [0.1, 0.15) is 52.9 Å². The number of ether oxygens (including phenoxy) is 1. The highest BCUT2D eigenvalue weighted by atomic mass is 16.6. The second-order valence-electron chi connectivity index (χ2n) is 8.03. The van der Waals surface area contributed by atoms with Crippen molar-refractivity contribution in [1.29, 1.82) is 0 Å². The summed E-state index contributed by atoms with van der Waals surface area (Å²) >= 11 is 0. The van der Waals surface area contributed by atoms with Gasteiger partial charge in [-0.1, -0.05) is 26.7 Å². The van der Waals surface area contributed by atoms with Crippen molar-refractivity contribution < 1.29 is 9.53 Å². The van der Waals surface area contributed by atoms with Crippen LogP contribution >= 0.6 is 0 Å². The van der Waals surface area contributed by atoms with Crippen LogP contribution in [0.2, 0.25) is 0 Å². The summed E-state index contributed by atoms with van der Waals surface area (Å²) in [4.78, 5) is 37.7. The van der Waals surface area contributed by atoms with E-state index in [4.69, 9.17) is 4.74 Å². The topological polar surface area (TPSA) is 87.7 Å². The monoisotopic (exact) mass is 377 g/mol. The predicted octanol–water partition coefficient (Wildman–Crippen LogP) is 2.55. The van der Waals surface area contributed by atoms with E-state index in [9.17, 15) is 14.4 Å². The van der Waals surface area contributed by atoms with Crippen molar-refractivity contribution in [3.63, 3.8) is 0 Å². The number of nitrogens with zero attached hydrogens (tertiary/aromatic N) is 1. The average Bonchev–Trinajstić information content (AvgIpc) is 2.68. The molecule has 2 N–H and O–H groups in total. The maximum Gasteiger partial charge on any atom is 0.409 e. The fraction of sp³-hybridized carbons (Fsp3) is 0.750. The minimum Gasteiger partial charge on any atom is -0.450 e. The Morgan fingerprint density at radius 2 is 1.67 bits per heavy atom. The average molecular weight is 377 g/mol. The van der Waals surface area contributed by atoms with Crippen molar-refractivity contribution in [2.45, 2.75) is 65.0 Å². The molecule has 1 heterocycles. The Hall–Kier alpha value is -2.05. The zero-order valence-electron chi connectivity index (χ0n) is 16.5. The van der Waals surface area contributed by atoms with Crippen molar-refractivity contribution in [1.82, 2.24) is 4.90 Å². The number of piperidine rings is 1. The van der Waals surface area contributed by atoms with Crippen LogP contribution in [0, 0.1) is 11.8 Å². The third kappa shape index (κ3) is 4.12. The van der Waals surface area contributed by atoms with Gasteiger partial charge in [-0.15, -0.1) is 0 Å². The number of amides is 1. The molecule has 1 aromatic carbocycles. The van der Waals surface area contributed by atoms with E-state index in [2.05, 4.69) is 24.5 Å². The molecule has 3 atom stereocenters. The lowest BCUT2D eigenvalue weighted by Crippen LogP contribution is -2.47. The summed E-state index contributed by atoms with van der Waals surface area (Å²) in [5.74, 6) is 1.09. The molecule has 1 saturated carbocycles. The number of nitrogens with one attached hydrogen (secondary N) is 2. The standard InChI is InChI=1S/C20H31N3O4/c1-4-27-20(26)23-10-8-14(9-11-23)21-16-17(19(25)18(16)24)22-15-7-5-6-12(2)13(15)3/h12-15,21-22H,4-11H2,1-3H3/t12-,13+,15+/m0/s1. The first-order chi connectivity index (χ1) is 12.9. The Labute approximate surface area is 160 Å². The molecule has 150 valence electrons.